The van der Waals surface area contributed by atoms with Crippen molar-refractivity contribution in [1.29, 1.82) is 0 Å². The van der Waals surface area contributed by atoms with Crippen molar-refractivity contribution in [2.45, 2.75) is 59.8 Å². The van der Waals surface area contributed by atoms with Crippen molar-refractivity contribution in [1.82, 2.24) is 0 Å². The predicted octanol–water partition coefficient (Wildman–Crippen LogP) is 23.0. The molecule has 12 aromatic rings. The highest BCUT2D eigenvalue weighted by atomic mass is 15.2. The summed E-state index contributed by atoms with van der Waals surface area (Å²) in [6, 6.07) is 108. The van der Waals surface area contributed by atoms with Crippen LogP contribution in [-0.2, 0) is 5.41 Å². The molecule has 2 heteroatoms. The Morgan fingerprint density at radius 3 is 0.759 bits per heavy atom. The Balaban J connectivity index is 0.901. The fraction of sp³-hybridized carbons (Fsp3) is 0.111. The second-order valence-corrected chi connectivity index (χ2v) is 22.3. The van der Waals surface area contributed by atoms with E-state index in [4.69, 9.17) is 0 Å². The first kappa shape index (κ1) is 53.9. The van der Waals surface area contributed by atoms with E-state index in [1.54, 1.807) is 0 Å². The highest BCUT2D eigenvalue weighted by Gasteiger charge is 2.31. The van der Waals surface area contributed by atoms with Crippen molar-refractivity contribution in [3.63, 3.8) is 0 Å². The highest BCUT2D eigenvalue weighted by molar-refractivity contribution is 5.92. The maximum atomic E-state index is 2.44. The van der Waals surface area contributed by atoms with Crippen molar-refractivity contribution < 1.29 is 0 Å². The number of rotatable bonds is 16. The van der Waals surface area contributed by atoms with Gasteiger partial charge in [-0.3, -0.25) is 0 Å². The van der Waals surface area contributed by atoms with Gasteiger partial charge in [-0.15, -0.1) is 0 Å². The fourth-order valence-electron chi connectivity index (χ4n) is 12.1. The first-order valence-electron chi connectivity index (χ1n) is 29.3. The van der Waals surface area contributed by atoms with Crippen LogP contribution in [0.15, 0.2) is 291 Å². The second kappa shape index (κ2) is 23.8. The molecule has 0 amide bonds. The first-order chi connectivity index (χ1) is 40.6. The van der Waals surface area contributed by atoms with Gasteiger partial charge in [0.15, 0.2) is 0 Å². The van der Waals surface area contributed by atoms with Gasteiger partial charge in [-0.05, 0) is 168 Å². The van der Waals surface area contributed by atoms with E-state index >= 15 is 0 Å². The molecule has 0 saturated heterocycles. The summed E-state index contributed by atoms with van der Waals surface area (Å²) >= 11 is 0. The molecular formula is C81H70N2. The van der Waals surface area contributed by atoms with Gasteiger partial charge in [-0.1, -0.05) is 267 Å². The van der Waals surface area contributed by atoms with E-state index in [1.807, 2.05) is 0 Å². The van der Waals surface area contributed by atoms with E-state index < -0.39 is 0 Å². The maximum absolute atomic E-state index is 2.44. The van der Waals surface area contributed by atoms with E-state index in [1.165, 1.54) is 100 Å². The first-order valence-corrected chi connectivity index (χ1v) is 29.3. The summed E-state index contributed by atoms with van der Waals surface area (Å²) in [7, 11) is 0. The number of aryl methyl sites for hydroxylation is 4. The third kappa shape index (κ3) is 11.2. The van der Waals surface area contributed by atoms with Crippen LogP contribution in [0, 0.1) is 27.7 Å². The van der Waals surface area contributed by atoms with Crippen molar-refractivity contribution in [3.05, 3.63) is 325 Å². The third-order valence-electron chi connectivity index (χ3n) is 17.0. The monoisotopic (exact) mass is 1070 g/mol. The SMILES string of the molecule is CCC(CC)(c1ccc(-c2ccccc2N(c2cccc(-c3ccc(C)cc3)c2)c2cccc(-c3ccc(C)cc3)c2)cc1)c1ccc(-c2ccccc2N(c2cccc(-c3ccc(C)cc3)c2)c2cccc(-c3ccc(C)cc3)c2)cc1. The van der Waals surface area contributed by atoms with Crippen LogP contribution in [0.5, 0.6) is 0 Å². The van der Waals surface area contributed by atoms with Crippen LogP contribution in [0.3, 0.4) is 0 Å². The van der Waals surface area contributed by atoms with Crippen LogP contribution in [0.25, 0.3) is 66.8 Å². The van der Waals surface area contributed by atoms with Gasteiger partial charge in [0.05, 0.1) is 11.4 Å². The molecule has 0 saturated carbocycles. The van der Waals surface area contributed by atoms with Gasteiger partial charge in [0.2, 0.25) is 0 Å². The Bertz CT molecular complexity index is 3720. The number of hydrogen-bond acceptors (Lipinski definition) is 2. The van der Waals surface area contributed by atoms with Crippen LogP contribution in [0.4, 0.5) is 34.1 Å². The minimum atomic E-state index is -0.201. The van der Waals surface area contributed by atoms with E-state index in [9.17, 15) is 0 Å². The third-order valence-corrected chi connectivity index (χ3v) is 17.0. The van der Waals surface area contributed by atoms with Gasteiger partial charge >= 0.3 is 0 Å². The Morgan fingerprint density at radius 1 is 0.241 bits per heavy atom. The van der Waals surface area contributed by atoms with Crippen LogP contribution >= 0.6 is 0 Å². The van der Waals surface area contributed by atoms with E-state index in [0.717, 1.165) is 47.0 Å². The van der Waals surface area contributed by atoms with E-state index in [2.05, 4.69) is 343 Å². The number of benzene rings is 12. The van der Waals surface area contributed by atoms with Crippen LogP contribution in [0.1, 0.15) is 60.1 Å². The normalized spacial score (nSPS) is 11.3. The standard InChI is InChI=1S/C81H70N2/c1-7-81(8-2,71-49-45-65(46-50-71)77-25-9-11-27-79(77)82(73-21-13-17-67(53-73)61-37-29-57(3)30-38-61)74-22-14-18-68(54-74)62-39-31-58(4)32-40-62)72-51-47-66(48-52-72)78-26-10-12-28-80(78)83(75-23-15-19-69(55-75)63-41-33-59(5)34-42-63)76-24-16-20-70(56-76)64-43-35-60(6)36-44-64/h9-56H,7-8H2,1-6H3. The molecule has 0 atom stereocenters. The van der Waals surface area contributed by atoms with Crippen LogP contribution < -0.4 is 9.80 Å². The molecule has 0 N–H and O–H groups in total. The summed E-state index contributed by atoms with van der Waals surface area (Å²) in [6.07, 6.45) is 1.92. The molecule has 404 valence electrons. The summed E-state index contributed by atoms with van der Waals surface area (Å²) < 4.78 is 0. The topological polar surface area (TPSA) is 6.48 Å². The van der Waals surface area contributed by atoms with E-state index in [-0.39, 0.29) is 5.41 Å². The highest BCUT2D eigenvalue weighted by Crippen LogP contribution is 2.47. The smallest absolute Gasteiger partial charge is 0.0540 e. The molecule has 0 bridgehead atoms. The summed E-state index contributed by atoms with van der Waals surface area (Å²) in [5, 5.41) is 0. The lowest BCUT2D eigenvalue weighted by Crippen LogP contribution is -2.26. The molecular weight excluding hydrogens is 1000 g/mol. The summed E-state index contributed by atoms with van der Waals surface area (Å²) in [4.78, 5) is 4.87. The molecule has 0 aromatic heterocycles. The number of anilines is 6. The zero-order valence-corrected chi connectivity index (χ0v) is 48.5. The lowest BCUT2D eigenvalue weighted by Gasteiger charge is -2.34. The number of para-hydroxylation sites is 2. The Kier molecular flexibility index (Phi) is 15.4. The summed E-state index contributed by atoms with van der Waals surface area (Å²) in [6.45, 7) is 13.3. The Morgan fingerprint density at radius 2 is 0.494 bits per heavy atom. The molecule has 12 rings (SSSR count). The lowest BCUT2D eigenvalue weighted by atomic mass is 9.70. The average molecular weight is 1070 g/mol. The molecule has 0 radical (unpaired) electrons. The van der Waals surface area contributed by atoms with E-state index in [0.29, 0.717) is 0 Å². The van der Waals surface area contributed by atoms with Crippen molar-refractivity contribution in [3.8, 4) is 66.8 Å². The van der Waals surface area contributed by atoms with Gasteiger partial charge < -0.3 is 9.80 Å². The largest absolute Gasteiger partial charge is 0.310 e. The minimum absolute atomic E-state index is 0.201. The van der Waals surface area contributed by atoms with Gasteiger partial charge in [0, 0.05) is 39.3 Å². The predicted molar refractivity (Wildman–Crippen MR) is 355 cm³/mol. The Labute approximate surface area is 492 Å². The molecule has 0 aliphatic heterocycles. The summed E-state index contributed by atoms with van der Waals surface area (Å²) in [5.74, 6) is 0. The van der Waals surface area contributed by atoms with Crippen LogP contribution in [-0.4, -0.2) is 0 Å². The molecule has 0 heterocycles. The molecule has 83 heavy (non-hydrogen) atoms. The molecule has 0 spiro atoms. The van der Waals surface area contributed by atoms with Crippen molar-refractivity contribution >= 4 is 34.1 Å². The van der Waals surface area contributed by atoms with Crippen molar-refractivity contribution in [2.75, 3.05) is 9.80 Å². The lowest BCUT2D eigenvalue weighted by molar-refractivity contribution is 0.478. The summed E-state index contributed by atoms with van der Waals surface area (Å²) in [5.41, 5.74) is 28.3. The minimum Gasteiger partial charge on any atom is -0.310 e. The quantitative estimate of drug-likeness (QED) is 0.0951. The molecule has 0 aliphatic rings. The molecule has 12 aromatic carbocycles. The van der Waals surface area contributed by atoms with Gasteiger partial charge in [-0.2, -0.15) is 0 Å². The van der Waals surface area contributed by atoms with Gasteiger partial charge in [-0.25, -0.2) is 0 Å². The molecule has 0 fully saturated rings. The van der Waals surface area contributed by atoms with Gasteiger partial charge in [0.25, 0.3) is 0 Å². The number of hydrogen-bond donors (Lipinski definition) is 0. The zero-order valence-electron chi connectivity index (χ0n) is 48.5. The second-order valence-electron chi connectivity index (χ2n) is 22.3. The Hall–Kier alpha value is -9.76. The number of nitrogens with zero attached hydrogens (tertiary/aromatic N) is 2. The molecule has 2 nitrogen and oxygen atoms in total. The maximum Gasteiger partial charge on any atom is 0.0540 e. The molecule has 0 unspecified atom stereocenters. The zero-order chi connectivity index (χ0) is 56.9. The molecule has 0 aliphatic carbocycles. The van der Waals surface area contributed by atoms with Crippen molar-refractivity contribution in [2.24, 2.45) is 0 Å². The van der Waals surface area contributed by atoms with Gasteiger partial charge in [0.1, 0.15) is 0 Å². The average Bonchev–Trinajstić information content (AvgIpc) is 3.73. The fourth-order valence-corrected chi connectivity index (χ4v) is 12.1. The van der Waals surface area contributed by atoms with Crippen LogP contribution in [0.2, 0.25) is 0 Å².